The highest BCUT2D eigenvalue weighted by Gasteiger charge is 2.05. The third-order valence-corrected chi connectivity index (χ3v) is 4.42. The first-order chi connectivity index (χ1) is 8.19. The summed E-state index contributed by atoms with van der Waals surface area (Å²) in [5.41, 5.74) is 1.30. The molecule has 0 aliphatic carbocycles. The van der Waals surface area contributed by atoms with Crippen LogP contribution >= 0.6 is 23.1 Å². The Kier molecular flexibility index (Phi) is 4.15. The number of hydrogen-bond donors (Lipinski definition) is 1. The highest BCUT2D eigenvalue weighted by atomic mass is 32.2. The predicted molar refractivity (Wildman–Crippen MR) is 72.7 cm³/mol. The second-order valence-corrected chi connectivity index (χ2v) is 6.27. The molecular formula is C12H15N3S2. The van der Waals surface area contributed by atoms with Crippen LogP contribution in [0.5, 0.6) is 0 Å². The summed E-state index contributed by atoms with van der Waals surface area (Å²) in [6, 6.07) is 8.95. The van der Waals surface area contributed by atoms with Crippen molar-refractivity contribution in [3.8, 4) is 0 Å². The molecule has 0 bridgehead atoms. The molecule has 2 rings (SSSR count). The summed E-state index contributed by atoms with van der Waals surface area (Å²) in [4.78, 5) is 1.20. The molecule has 0 radical (unpaired) electrons. The fraction of sp³-hybridized carbons (Fsp3) is 0.333. The van der Waals surface area contributed by atoms with Gasteiger partial charge in [0.15, 0.2) is 4.34 Å². The van der Waals surface area contributed by atoms with Crippen molar-refractivity contribution in [3.63, 3.8) is 0 Å². The van der Waals surface area contributed by atoms with Gasteiger partial charge in [-0.1, -0.05) is 35.2 Å². The highest BCUT2D eigenvalue weighted by molar-refractivity contribution is 8.01. The van der Waals surface area contributed by atoms with Crippen molar-refractivity contribution in [1.29, 1.82) is 0 Å². The number of nitrogens with zero attached hydrogens (tertiary/aromatic N) is 2. The predicted octanol–water partition coefficient (Wildman–Crippen LogP) is 3.28. The van der Waals surface area contributed by atoms with Gasteiger partial charge in [-0.15, -0.1) is 10.2 Å². The van der Waals surface area contributed by atoms with Gasteiger partial charge < -0.3 is 5.32 Å². The Morgan fingerprint density at radius 1 is 1.24 bits per heavy atom. The normalized spacial score (nSPS) is 12.6. The minimum Gasteiger partial charge on any atom is -0.313 e. The minimum absolute atomic E-state index is 0.387. The average Bonchev–Trinajstić information content (AvgIpc) is 2.75. The van der Waals surface area contributed by atoms with Gasteiger partial charge in [0.05, 0.1) is 0 Å². The van der Waals surface area contributed by atoms with E-state index in [9.17, 15) is 0 Å². The summed E-state index contributed by atoms with van der Waals surface area (Å²) < 4.78 is 0.997. The minimum atomic E-state index is 0.387. The zero-order valence-corrected chi connectivity index (χ0v) is 11.7. The van der Waals surface area contributed by atoms with Crippen molar-refractivity contribution in [2.75, 3.05) is 7.05 Å². The van der Waals surface area contributed by atoms with Crippen LogP contribution in [0.1, 0.15) is 23.5 Å². The maximum Gasteiger partial charge on any atom is 0.179 e. The van der Waals surface area contributed by atoms with Crippen LogP contribution in [0.4, 0.5) is 0 Å². The van der Waals surface area contributed by atoms with E-state index in [1.54, 1.807) is 23.1 Å². The molecule has 0 saturated heterocycles. The topological polar surface area (TPSA) is 37.8 Å². The molecule has 0 aliphatic rings. The van der Waals surface area contributed by atoms with E-state index in [-0.39, 0.29) is 0 Å². The number of aryl methyl sites for hydroxylation is 1. The van der Waals surface area contributed by atoms with Gasteiger partial charge in [0.25, 0.3) is 0 Å². The molecule has 2 aromatic rings. The van der Waals surface area contributed by atoms with E-state index in [0.717, 1.165) is 9.35 Å². The van der Waals surface area contributed by atoms with E-state index in [1.807, 2.05) is 14.0 Å². The van der Waals surface area contributed by atoms with Crippen molar-refractivity contribution in [2.45, 2.75) is 29.1 Å². The van der Waals surface area contributed by atoms with Gasteiger partial charge in [0, 0.05) is 10.9 Å². The third kappa shape index (κ3) is 3.28. The number of rotatable bonds is 4. The monoisotopic (exact) mass is 265 g/mol. The van der Waals surface area contributed by atoms with Gasteiger partial charge in [-0.3, -0.25) is 0 Å². The molecule has 90 valence electrons. The Hall–Kier alpha value is -0.910. The van der Waals surface area contributed by atoms with Crippen LogP contribution in [0.15, 0.2) is 33.5 Å². The maximum atomic E-state index is 4.10. The van der Waals surface area contributed by atoms with Crippen molar-refractivity contribution >= 4 is 23.1 Å². The number of benzene rings is 1. The first-order valence-corrected chi connectivity index (χ1v) is 7.07. The zero-order valence-electron chi connectivity index (χ0n) is 10.1. The fourth-order valence-electron chi connectivity index (χ4n) is 1.41. The van der Waals surface area contributed by atoms with E-state index in [4.69, 9.17) is 0 Å². The smallest absolute Gasteiger partial charge is 0.179 e. The van der Waals surface area contributed by atoms with Crippen molar-refractivity contribution in [1.82, 2.24) is 15.5 Å². The summed E-state index contributed by atoms with van der Waals surface area (Å²) in [5.74, 6) is 0. The molecule has 0 saturated carbocycles. The maximum absolute atomic E-state index is 4.10. The van der Waals surface area contributed by atoms with Crippen LogP contribution in [0.3, 0.4) is 0 Å². The molecular weight excluding hydrogens is 250 g/mol. The summed E-state index contributed by atoms with van der Waals surface area (Å²) >= 11 is 3.29. The SMILES string of the molecule is CNC(C)c1ccc(Sc2nnc(C)s2)cc1. The fourth-order valence-corrected chi connectivity index (χ4v) is 3.20. The number of hydrogen-bond acceptors (Lipinski definition) is 5. The lowest BCUT2D eigenvalue weighted by Crippen LogP contribution is -2.11. The Morgan fingerprint density at radius 2 is 1.94 bits per heavy atom. The second-order valence-electron chi connectivity index (χ2n) is 3.77. The number of nitrogens with one attached hydrogen (secondary N) is 1. The quantitative estimate of drug-likeness (QED) is 0.920. The Balaban J connectivity index is 2.08. The van der Waals surface area contributed by atoms with Crippen molar-refractivity contribution in [3.05, 3.63) is 34.8 Å². The van der Waals surface area contributed by atoms with Gasteiger partial charge in [-0.25, -0.2) is 0 Å². The zero-order chi connectivity index (χ0) is 12.3. The molecule has 1 atom stereocenters. The van der Waals surface area contributed by atoms with Gasteiger partial charge in [0.1, 0.15) is 5.01 Å². The molecule has 3 nitrogen and oxygen atoms in total. The molecule has 1 aromatic heterocycles. The average molecular weight is 265 g/mol. The van der Waals surface area contributed by atoms with Crippen molar-refractivity contribution < 1.29 is 0 Å². The van der Waals surface area contributed by atoms with E-state index < -0.39 is 0 Å². The summed E-state index contributed by atoms with van der Waals surface area (Å²) in [6.45, 7) is 4.12. The summed E-state index contributed by atoms with van der Waals surface area (Å²) in [6.07, 6.45) is 0. The molecule has 1 unspecified atom stereocenters. The summed E-state index contributed by atoms with van der Waals surface area (Å²) in [5, 5.41) is 12.3. The molecule has 17 heavy (non-hydrogen) atoms. The molecule has 0 aliphatic heterocycles. The number of aromatic nitrogens is 2. The molecule has 1 aromatic carbocycles. The molecule has 1 heterocycles. The molecule has 5 heteroatoms. The first-order valence-electron chi connectivity index (χ1n) is 5.44. The van der Waals surface area contributed by atoms with E-state index in [2.05, 4.69) is 46.7 Å². The van der Waals surface area contributed by atoms with Crippen LogP contribution in [0, 0.1) is 6.92 Å². The molecule has 0 spiro atoms. The van der Waals surface area contributed by atoms with Crippen molar-refractivity contribution in [2.24, 2.45) is 0 Å². The van der Waals surface area contributed by atoms with Crippen LogP contribution in [0.2, 0.25) is 0 Å². The first kappa shape index (κ1) is 12.5. The largest absolute Gasteiger partial charge is 0.313 e. The lowest BCUT2D eigenvalue weighted by atomic mass is 10.1. The Morgan fingerprint density at radius 3 is 2.47 bits per heavy atom. The molecule has 1 N–H and O–H groups in total. The van der Waals surface area contributed by atoms with Crippen LogP contribution in [-0.4, -0.2) is 17.2 Å². The summed E-state index contributed by atoms with van der Waals surface area (Å²) in [7, 11) is 1.97. The third-order valence-electron chi connectivity index (χ3n) is 2.53. The molecule has 0 amide bonds. The Bertz CT molecular complexity index is 479. The second kappa shape index (κ2) is 5.62. The Labute approximate surface area is 110 Å². The van der Waals surface area contributed by atoms with Crippen LogP contribution in [0.25, 0.3) is 0 Å². The van der Waals surface area contributed by atoms with E-state index >= 15 is 0 Å². The standard InChI is InChI=1S/C12H15N3S2/c1-8(13-3)10-4-6-11(7-5-10)17-12-15-14-9(2)16-12/h4-8,13H,1-3H3. The van der Waals surface area contributed by atoms with E-state index in [0.29, 0.717) is 6.04 Å². The van der Waals surface area contributed by atoms with Gasteiger partial charge in [-0.2, -0.15) is 0 Å². The van der Waals surface area contributed by atoms with Crippen LogP contribution in [-0.2, 0) is 0 Å². The highest BCUT2D eigenvalue weighted by Crippen LogP contribution is 2.30. The van der Waals surface area contributed by atoms with E-state index in [1.165, 1.54) is 10.5 Å². The van der Waals surface area contributed by atoms with Gasteiger partial charge in [0.2, 0.25) is 0 Å². The van der Waals surface area contributed by atoms with Gasteiger partial charge >= 0.3 is 0 Å². The van der Waals surface area contributed by atoms with Gasteiger partial charge in [-0.05, 0) is 38.6 Å². The van der Waals surface area contributed by atoms with Crippen LogP contribution < -0.4 is 5.32 Å². The lowest BCUT2D eigenvalue weighted by Gasteiger charge is -2.10. The molecule has 0 fully saturated rings. The lowest BCUT2D eigenvalue weighted by molar-refractivity contribution is 0.652.